The Balaban J connectivity index is 1.24. The molecule has 0 radical (unpaired) electrons. The molecule has 0 aromatic heterocycles. The summed E-state index contributed by atoms with van der Waals surface area (Å²) in [6.07, 6.45) is 3.68. The van der Waals surface area contributed by atoms with Gasteiger partial charge in [0, 0.05) is 69.8 Å². The van der Waals surface area contributed by atoms with Crippen LogP contribution >= 0.6 is 11.8 Å². The predicted molar refractivity (Wildman–Crippen MR) is 173 cm³/mol. The predicted octanol–water partition coefficient (Wildman–Crippen LogP) is 4.79. The van der Waals surface area contributed by atoms with Crippen LogP contribution in [-0.2, 0) is 9.59 Å². The Morgan fingerprint density at radius 3 is 2.44 bits per heavy atom. The lowest BCUT2D eigenvalue weighted by atomic mass is 9.82. The number of nitrogens with zero attached hydrogens (tertiary/aromatic N) is 3. The fraction of sp³-hybridized carbons (Fsp3) is 0.559. The maximum atomic E-state index is 13.5. The van der Waals surface area contributed by atoms with E-state index in [0.29, 0.717) is 49.6 Å². The number of hydrogen-bond donors (Lipinski definition) is 1. The zero-order valence-electron chi connectivity index (χ0n) is 25.8. The third kappa shape index (κ3) is 7.80. The lowest BCUT2D eigenvalue weighted by molar-refractivity contribution is -0.135. The lowest BCUT2D eigenvalue weighted by Gasteiger charge is -2.44. The normalized spacial score (nSPS) is 20.0. The standard InChI is InChI=1S/C34H46N4O4S/c1-25(2)12-15-35-33(27-8-4-6-10-29(27)37-20-18-36(3)19-21-37)43-26(24-39)22-32(41)38-16-13-34(14-17-38)23-30(40)28-9-5-7-11-31(28)42-34/h4-11,24-26,33,35H,12-23H2,1-3H3. The molecule has 8 nitrogen and oxygen atoms in total. The molecule has 2 aromatic carbocycles. The van der Waals surface area contributed by atoms with Gasteiger partial charge in [0.25, 0.3) is 0 Å². The average Bonchev–Trinajstić information content (AvgIpc) is 3.00. The van der Waals surface area contributed by atoms with Crippen LogP contribution in [0.4, 0.5) is 5.69 Å². The monoisotopic (exact) mass is 606 g/mol. The number of ether oxygens (including phenoxy) is 1. The highest BCUT2D eigenvalue weighted by atomic mass is 32.2. The summed E-state index contributed by atoms with van der Waals surface area (Å²) in [4.78, 5) is 45.3. The number of anilines is 1. The number of thioether (sulfide) groups is 1. The van der Waals surface area contributed by atoms with Crippen LogP contribution in [0.15, 0.2) is 48.5 Å². The molecule has 0 aliphatic carbocycles. The van der Waals surface area contributed by atoms with Crippen LogP contribution in [0.2, 0.25) is 0 Å². The molecule has 2 atom stereocenters. The smallest absolute Gasteiger partial charge is 0.224 e. The van der Waals surface area contributed by atoms with Crippen LogP contribution in [0.3, 0.4) is 0 Å². The summed E-state index contributed by atoms with van der Waals surface area (Å²) >= 11 is 1.55. The SMILES string of the molecule is CC(C)CCNC(SC(C=O)CC(=O)N1CCC2(CC1)CC(=O)c1ccccc1O2)c1ccccc1N1CCN(C)CC1. The lowest BCUT2D eigenvalue weighted by Crippen LogP contribution is -2.52. The van der Waals surface area contributed by atoms with Crippen molar-refractivity contribution in [3.05, 3.63) is 59.7 Å². The van der Waals surface area contributed by atoms with Gasteiger partial charge in [0.2, 0.25) is 5.91 Å². The Bertz CT molecular complexity index is 1270. The number of carbonyl (C=O) groups excluding carboxylic acids is 3. The van der Waals surface area contributed by atoms with Crippen LogP contribution in [0.5, 0.6) is 5.75 Å². The van der Waals surface area contributed by atoms with Gasteiger partial charge in [-0.1, -0.05) is 44.2 Å². The Morgan fingerprint density at radius 2 is 1.72 bits per heavy atom. The van der Waals surface area contributed by atoms with Crippen LogP contribution in [0.1, 0.15) is 67.2 Å². The largest absolute Gasteiger partial charge is 0.486 e. The quantitative estimate of drug-likeness (QED) is 0.289. The number of para-hydroxylation sites is 2. The minimum absolute atomic E-state index is 0.0183. The highest BCUT2D eigenvalue weighted by molar-refractivity contribution is 8.00. The van der Waals surface area contributed by atoms with E-state index in [2.05, 4.69) is 60.3 Å². The molecule has 2 fully saturated rings. The van der Waals surface area contributed by atoms with Crippen molar-refractivity contribution in [2.45, 2.75) is 62.2 Å². The summed E-state index contributed by atoms with van der Waals surface area (Å²) < 4.78 is 6.35. The number of benzene rings is 2. The first kappa shape index (κ1) is 31.5. The molecule has 5 rings (SSSR count). The number of ketones is 1. The van der Waals surface area contributed by atoms with Crippen molar-refractivity contribution >= 4 is 35.4 Å². The molecule has 0 bridgehead atoms. The zero-order chi connectivity index (χ0) is 30.4. The topological polar surface area (TPSA) is 82.2 Å². The maximum Gasteiger partial charge on any atom is 0.224 e. The van der Waals surface area contributed by atoms with Gasteiger partial charge >= 0.3 is 0 Å². The number of fused-ring (bicyclic) bond motifs is 1. The van der Waals surface area contributed by atoms with Crippen molar-refractivity contribution in [2.75, 3.05) is 57.8 Å². The first-order chi connectivity index (χ1) is 20.8. The molecule has 2 saturated heterocycles. The number of aldehydes is 1. The van der Waals surface area contributed by atoms with Crippen molar-refractivity contribution in [3.63, 3.8) is 0 Å². The molecule has 1 N–H and O–H groups in total. The van der Waals surface area contributed by atoms with Gasteiger partial charge in [-0.25, -0.2) is 0 Å². The van der Waals surface area contributed by atoms with Gasteiger partial charge in [0.1, 0.15) is 17.6 Å². The number of Topliss-reactive ketones (excluding diaryl/α,β-unsaturated/α-hetero) is 1. The summed E-state index contributed by atoms with van der Waals surface area (Å²) in [6, 6.07) is 15.9. The van der Waals surface area contributed by atoms with E-state index in [0.717, 1.165) is 45.4 Å². The second-order valence-corrected chi connectivity index (χ2v) is 14.0. The first-order valence-electron chi connectivity index (χ1n) is 15.7. The van der Waals surface area contributed by atoms with Gasteiger partial charge in [-0.05, 0) is 44.1 Å². The van der Waals surface area contributed by atoms with Crippen molar-refractivity contribution in [1.82, 2.24) is 15.1 Å². The molecule has 43 heavy (non-hydrogen) atoms. The molecule has 1 amide bonds. The number of nitrogens with one attached hydrogen (secondary N) is 1. The second-order valence-electron chi connectivity index (χ2n) is 12.6. The first-order valence-corrected chi connectivity index (χ1v) is 16.7. The highest BCUT2D eigenvalue weighted by Crippen LogP contribution is 2.40. The summed E-state index contributed by atoms with van der Waals surface area (Å²) in [7, 11) is 2.16. The van der Waals surface area contributed by atoms with E-state index in [4.69, 9.17) is 4.74 Å². The minimum atomic E-state index is -0.556. The molecular formula is C34H46N4O4S. The van der Waals surface area contributed by atoms with Gasteiger partial charge in [0.05, 0.1) is 22.6 Å². The molecule has 232 valence electrons. The molecule has 3 heterocycles. The van der Waals surface area contributed by atoms with Crippen LogP contribution in [0, 0.1) is 5.92 Å². The van der Waals surface area contributed by atoms with Gasteiger partial charge in [0.15, 0.2) is 5.78 Å². The van der Waals surface area contributed by atoms with Gasteiger partial charge in [-0.2, -0.15) is 0 Å². The summed E-state index contributed by atoms with van der Waals surface area (Å²) in [5.74, 6) is 1.29. The van der Waals surface area contributed by atoms with Gasteiger partial charge in [-0.15, -0.1) is 11.8 Å². The van der Waals surface area contributed by atoms with E-state index in [-0.39, 0.29) is 23.5 Å². The van der Waals surface area contributed by atoms with E-state index in [1.54, 1.807) is 11.8 Å². The number of piperidine rings is 1. The third-order valence-electron chi connectivity index (χ3n) is 8.98. The maximum absolute atomic E-state index is 13.5. The molecule has 0 saturated carbocycles. The average molecular weight is 607 g/mol. The zero-order valence-corrected chi connectivity index (χ0v) is 26.6. The number of likely N-dealkylation sites (tertiary alicyclic amines) is 1. The van der Waals surface area contributed by atoms with E-state index in [9.17, 15) is 14.4 Å². The van der Waals surface area contributed by atoms with E-state index in [1.807, 2.05) is 29.2 Å². The fourth-order valence-electron chi connectivity index (χ4n) is 6.27. The number of piperazine rings is 1. The van der Waals surface area contributed by atoms with Crippen LogP contribution < -0.4 is 15.0 Å². The highest BCUT2D eigenvalue weighted by Gasteiger charge is 2.43. The number of amides is 1. The number of likely N-dealkylation sites (N-methyl/N-ethyl adjacent to an activating group) is 1. The molecule has 3 aliphatic heterocycles. The molecular weight excluding hydrogens is 560 g/mol. The van der Waals surface area contributed by atoms with Gasteiger partial charge in [-0.3, -0.25) is 9.59 Å². The Morgan fingerprint density at radius 1 is 1.02 bits per heavy atom. The van der Waals surface area contributed by atoms with Crippen molar-refractivity contribution in [1.29, 1.82) is 0 Å². The van der Waals surface area contributed by atoms with E-state index >= 15 is 0 Å². The van der Waals surface area contributed by atoms with E-state index in [1.165, 1.54) is 11.3 Å². The van der Waals surface area contributed by atoms with Crippen LogP contribution in [-0.4, -0.2) is 91.5 Å². The molecule has 9 heteroatoms. The Kier molecular flexibility index (Phi) is 10.5. The van der Waals surface area contributed by atoms with Crippen molar-refractivity contribution in [3.8, 4) is 5.75 Å². The fourth-order valence-corrected chi connectivity index (χ4v) is 7.48. The summed E-state index contributed by atoms with van der Waals surface area (Å²) in [6.45, 7) is 10.3. The van der Waals surface area contributed by atoms with Crippen LogP contribution in [0.25, 0.3) is 0 Å². The Hall–Kier alpha value is -2.88. The van der Waals surface area contributed by atoms with Crippen molar-refractivity contribution < 1.29 is 19.1 Å². The van der Waals surface area contributed by atoms with Crippen molar-refractivity contribution in [2.24, 2.45) is 5.92 Å². The molecule has 1 spiro atoms. The summed E-state index contributed by atoms with van der Waals surface area (Å²) in [5.41, 5.74) is 2.45. The molecule has 3 aliphatic rings. The number of carbonyl (C=O) groups is 3. The van der Waals surface area contributed by atoms with E-state index < -0.39 is 10.9 Å². The second kappa shape index (κ2) is 14.3. The Labute approximate surface area is 260 Å². The number of rotatable bonds is 11. The number of hydrogen-bond acceptors (Lipinski definition) is 8. The third-order valence-corrected chi connectivity index (χ3v) is 10.3. The summed E-state index contributed by atoms with van der Waals surface area (Å²) in [5, 5.41) is 3.14. The molecule has 2 aromatic rings. The minimum Gasteiger partial charge on any atom is -0.486 e. The molecule has 2 unspecified atom stereocenters. The van der Waals surface area contributed by atoms with Gasteiger partial charge < -0.3 is 29.5 Å².